The van der Waals surface area contributed by atoms with Gasteiger partial charge in [0.15, 0.2) is 5.78 Å². The van der Waals surface area contributed by atoms with Gasteiger partial charge in [-0.3, -0.25) is 4.79 Å². The Kier molecular flexibility index (Phi) is 2.90. The van der Waals surface area contributed by atoms with Crippen molar-refractivity contribution in [1.82, 2.24) is 0 Å². The lowest BCUT2D eigenvalue weighted by atomic mass is 9.51. The third kappa shape index (κ3) is 1.68. The molecule has 0 saturated heterocycles. The zero-order chi connectivity index (χ0) is 15.8. The lowest BCUT2D eigenvalue weighted by Crippen LogP contribution is -2.49. The fourth-order valence-corrected chi connectivity index (χ4v) is 6.09. The Hall–Kier alpha value is -0.890. The SMILES string of the molecule is C[C@]12CCC(=O)C=C1CC[C@@H]1C2=CC[C@@]2(C)[C@H]1CC[C@@]2(C)O. The Labute approximate surface area is 133 Å². The Bertz CT molecular complexity index is 597. The van der Waals surface area contributed by atoms with Crippen LogP contribution in [0.4, 0.5) is 0 Å². The molecule has 2 saturated carbocycles. The summed E-state index contributed by atoms with van der Waals surface area (Å²) >= 11 is 0. The Morgan fingerprint density at radius 1 is 1.14 bits per heavy atom. The number of hydrogen-bond acceptors (Lipinski definition) is 2. The largest absolute Gasteiger partial charge is 0.390 e. The third-order valence-electron chi connectivity index (χ3n) is 7.90. The van der Waals surface area contributed by atoms with Crippen molar-refractivity contribution in [2.45, 2.75) is 71.3 Å². The molecule has 2 nitrogen and oxygen atoms in total. The minimum absolute atomic E-state index is 0.0310. The molecule has 0 radical (unpaired) electrons. The zero-order valence-electron chi connectivity index (χ0n) is 14.1. The van der Waals surface area contributed by atoms with E-state index in [1.807, 2.05) is 13.0 Å². The molecule has 5 atom stereocenters. The second-order valence-electron chi connectivity index (χ2n) is 8.81. The van der Waals surface area contributed by atoms with Gasteiger partial charge in [0, 0.05) is 17.3 Å². The molecule has 4 aliphatic rings. The molecule has 0 aromatic rings. The van der Waals surface area contributed by atoms with Gasteiger partial charge in [-0.1, -0.05) is 31.1 Å². The van der Waals surface area contributed by atoms with Crippen LogP contribution in [0.1, 0.15) is 65.7 Å². The monoisotopic (exact) mass is 300 g/mol. The van der Waals surface area contributed by atoms with Crippen molar-refractivity contribution in [3.8, 4) is 0 Å². The van der Waals surface area contributed by atoms with Gasteiger partial charge in [-0.2, -0.15) is 0 Å². The van der Waals surface area contributed by atoms with Gasteiger partial charge in [-0.15, -0.1) is 0 Å². The van der Waals surface area contributed by atoms with Gasteiger partial charge in [0.25, 0.3) is 0 Å². The van der Waals surface area contributed by atoms with E-state index in [0.29, 0.717) is 24.0 Å². The van der Waals surface area contributed by atoms with Crippen molar-refractivity contribution in [2.24, 2.45) is 22.7 Å². The number of rotatable bonds is 0. The number of carbonyl (C=O) groups excluding carboxylic acids is 1. The number of hydrogen-bond donors (Lipinski definition) is 1. The van der Waals surface area contributed by atoms with E-state index in [9.17, 15) is 9.90 Å². The Balaban J connectivity index is 1.77. The molecule has 0 aliphatic heterocycles. The number of aliphatic hydroxyl groups is 1. The molecular weight excluding hydrogens is 272 g/mol. The number of ketones is 1. The molecule has 0 aromatic heterocycles. The molecule has 120 valence electrons. The van der Waals surface area contributed by atoms with Crippen molar-refractivity contribution in [3.05, 3.63) is 23.3 Å². The first-order chi connectivity index (χ1) is 10.3. The van der Waals surface area contributed by atoms with E-state index in [1.165, 1.54) is 5.57 Å². The average molecular weight is 300 g/mol. The fourth-order valence-electron chi connectivity index (χ4n) is 6.09. The maximum Gasteiger partial charge on any atom is 0.155 e. The zero-order valence-corrected chi connectivity index (χ0v) is 14.1. The highest BCUT2D eigenvalue weighted by molar-refractivity contribution is 5.92. The van der Waals surface area contributed by atoms with E-state index in [-0.39, 0.29) is 10.8 Å². The van der Waals surface area contributed by atoms with Gasteiger partial charge in [0.1, 0.15) is 0 Å². The summed E-state index contributed by atoms with van der Waals surface area (Å²) in [6, 6.07) is 0. The molecule has 0 spiro atoms. The molecule has 0 unspecified atom stereocenters. The predicted molar refractivity (Wildman–Crippen MR) is 87.3 cm³/mol. The van der Waals surface area contributed by atoms with Gasteiger partial charge in [-0.05, 0) is 63.4 Å². The summed E-state index contributed by atoms with van der Waals surface area (Å²) in [5.41, 5.74) is 2.59. The van der Waals surface area contributed by atoms with E-state index < -0.39 is 5.60 Å². The normalized spacial score (nSPS) is 50.6. The maximum absolute atomic E-state index is 11.8. The van der Waals surface area contributed by atoms with Crippen LogP contribution in [0, 0.1) is 22.7 Å². The quantitative estimate of drug-likeness (QED) is 0.681. The highest BCUT2D eigenvalue weighted by atomic mass is 16.3. The van der Waals surface area contributed by atoms with E-state index in [4.69, 9.17) is 0 Å². The van der Waals surface area contributed by atoms with E-state index >= 15 is 0 Å². The van der Waals surface area contributed by atoms with Gasteiger partial charge >= 0.3 is 0 Å². The lowest BCUT2D eigenvalue weighted by Gasteiger charge is -2.54. The van der Waals surface area contributed by atoms with E-state index in [1.54, 1.807) is 5.57 Å². The van der Waals surface area contributed by atoms with Gasteiger partial charge in [0.05, 0.1) is 5.60 Å². The van der Waals surface area contributed by atoms with E-state index in [2.05, 4.69) is 19.9 Å². The molecule has 2 fully saturated rings. The first-order valence-corrected chi connectivity index (χ1v) is 8.95. The van der Waals surface area contributed by atoms with Crippen molar-refractivity contribution in [3.63, 3.8) is 0 Å². The van der Waals surface area contributed by atoms with Crippen molar-refractivity contribution in [1.29, 1.82) is 0 Å². The molecule has 22 heavy (non-hydrogen) atoms. The third-order valence-corrected chi connectivity index (χ3v) is 7.90. The molecule has 0 aromatic carbocycles. The van der Waals surface area contributed by atoms with Crippen LogP contribution in [-0.2, 0) is 4.79 Å². The minimum Gasteiger partial charge on any atom is -0.390 e. The van der Waals surface area contributed by atoms with Crippen LogP contribution >= 0.6 is 0 Å². The first-order valence-electron chi connectivity index (χ1n) is 8.95. The predicted octanol–water partition coefficient (Wildman–Crippen LogP) is 4.19. The van der Waals surface area contributed by atoms with Crippen molar-refractivity contribution >= 4 is 5.78 Å². The number of carbonyl (C=O) groups is 1. The highest BCUT2D eigenvalue weighted by Crippen LogP contribution is 2.65. The minimum atomic E-state index is -0.529. The molecular formula is C20H28O2. The van der Waals surface area contributed by atoms with Crippen molar-refractivity contribution < 1.29 is 9.90 Å². The second kappa shape index (κ2) is 4.35. The molecule has 4 rings (SSSR count). The van der Waals surface area contributed by atoms with Gasteiger partial charge < -0.3 is 5.11 Å². The summed E-state index contributed by atoms with van der Waals surface area (Å²) in [6.07, 6.45) is 11.4. The van der Waals surface area contributed by atoms with E-state index in [0.717, 1.165) is 38.5 Å². The molecule has 0 heterocycles. The smallest absolute Gasteiger partial charge is 0.155 e. The topological polar surface area (TPSA) is 37.3 Å². The van der Waals surface area contributed by atoms with Crippen LogP contribution < -0.4 is 0 Å². The fraction of sp³-hybridized carbons (Fsp3) is 0.750. The summed E-state index contributed by atoms with van der Waals surface area (Å²) in [6.45, 7) is 6.70. The molecule has 2 heteroatoms. The van der Waals surface area contributed by atoms with Gasteiger partial charge in [0.2, 0.25) is 0 Å². The molecule has 0 amide bonds. The summed E-state index contributed by atoms with van der Waals surface area (Å²) in [4.78, 5) is 11.8. The summed E-state index contributed by atoms with van der Waals surface area (Å²) < 4.78 is 0. The van der Waals surface area contributed by atoms with Crippen LogP contribution in [0.5, 0.6) is 0 Å². The number of allylic oxidation sites excluding steroid dienone is 4. The summed E-state index contributed by atoms with van der Waals surface area (Å²) in [7, 11) is 0. The van der Waals surface area contributed by atoms with Crippen LogP contribution in [0.25, 0.3) is 0 Å². The van der Waals surface area contributed by atoms with Crippen LogP contribution in [0.15, 0.2) is 23.3 Å². The summed E-state index contributed by atoms with van der Waals surface area (Å²) in [5.74, 6) is 1.54. The first kappa shape index (κ1) is 14.7. The lowest BCUT2D eigenvalue weighted by molar-refractivity contribution is -0.115. The van der Waals surface area contributed by atoms with Crippen molar-refractivity contribution in [2.75, 3.05) is 0 Å². The van der Waals surface area contributed by atoms with Crippen LogP contribution in [0.2, 0.25) is 0 Å². The Morgan fingerprint density at radius 3 is 2.68 bits per heavy atom. The van der Waals surface area contributed by atoms with Crippen LogP contribution in [0.3, 0.4) is 0 Å². The second-order valence-corrected chi connectivity index (χ2v) is 8.81. The maximum atomic E-state index is 11.8. The number of fused-ring (bicyclic) bond motifs is 5. The molecule has 4 aliphatic carbocycles. The van der Waals surface area contributed by atoms with Gasteiger partial charge in [-0.25, -0.2) is 0 Å². The summed E-state index contributed by atoms with van der Waals surface area (Å²) in [5, 5.41) is 10.9. The highest BCUT2D eigenvalue weighted by Gasteiger charge is 2.59. The standard InChI is InChI=1S/C20H28O2/c1-18-9-6-14(21)12-13(18)4-5-15-16(18)7-10-19(2)17(15)8-11-20(19,3)22/h7,12,15,17,22H,4-6,8-11H2,1-3H3/t15-,17+,18+,19+,20-/m1/s1. The molecule has 0 bridgehead atoms. The average Bonchev–Trinajstić information content (AvgIpc) is 2.70. The molecule has 1 N–H and O–H groups in total. The Morgan fingerprint density at radius 2 is 1.91 bits per heavy atom. The van der Waals surface area contributed by atoms with Crippen LogP contribution in [-0.4, -0.2) is 16.5 Å².